The van der Waals surface area contributed by atoms with E-state index in [-0.39, 0.29) is 5.41 Å². The Morgan fingerprint density at radius 1 is 1.20 bits per heavy atom. The van der Waals surface area contributed by atoms with E-state index in [2.05, 4.69) is 45.9 Å². The van der Waals surface area contributed by atoms with E-state index in [0.717, 1.165) is 25.1 Å². The number of hydrogen-bond acceptors (Lipinski definition) is 2. The minimum atomic E-state index is 0.104. The van der Waals surface area contributed by atoms with Gasteiger partial charge in [-0.1, -0.05) is 39.8 Å². The van der Waals surface area contributed by atoms with Crippen LogP contribution in [0.5, 0.6) is 5.75 Å². The first-order chi connectivity index (χ1) is 9.43. The summed E-state index contributed by atoms with van der Waals surface area (Å²) in [6.07, 6.45) is 3.43. The lowest BCUT2D eigenvalue weighted by Gasteiger charge is -2.25. The third-order valence-electron chi connectivity index (χ3n) is 3.83. The maximum Gasteiger partial charge on any atom is 0.123 e. The largest absolute Gasteiger partial charge is 0.494 e. The fourth-order valence-electron chi connectivity index (χ4n) is 2.64. The van der Waals surface area contributed by atoms with Gasteiger partial charge in [0.1, 0.15) is 5.75 Å². The van der Waals surface area contributed by atoms with Crippen LogP contribution in [0.25, 0.3) is 0 Å². The zero-order chi connectivity index (χ0) is 15.2. The molecular formula is C18H31NO. The Labute approximate surface area is 124 Å². The summed E-state index contributed by atoms with van der Waals surface area (Å²) in [5, 5.41) is 0. The van der Waals surface area contributed by atoms with Crippen LogP contribution in [0.15, 0.2) is 18.2 Å². The second-order valence-corrected chi connectivity index (χ2v) is 6.47. The molecule has 20 heavy (non-hydrogen) atoms. The molecule has 0 bridgehead atoms. The van der Waals surface area contributed by atoms with Crippen LogP contribution in [-0.4, -0.2) is 13.2 Å². The summed E-state index contributed by atoms with van der Waals surface area (Å²) in [4.78, 5) is 0. The molecule has 2 heteroatoms. The van der Waals surface area contributed by atoms with Crippen molar-refractivity contribution >= 4 is 0 Å². The molecule has 1 rings (SSSR count). The van der Waals surface area contributed by atoms with Crippen molar-refractivity contribution in [1.82, 2.24) is 0 Å². The van der Waals surface area contributed by atoms with Gasteiger partial charge in [0.15, 0.2) is 0 Å². The number of hydrogen-bond donors (Lipinski definition) is 1. The molecule has 0 aromatic heterocycles. The molecule has 1 unspecified atom stereocenters. The first-order valence-corrected chi connectivity index (χ1v) is 7.91. The van der Waals surface area contributed by atoms with Crippen molar-refractivity contribution < 1.29 is 4.74 Å². The van der Waals surface area contributed by atoms with Crippen LogP contribution in [0.4, 0.5) is 0 Å². The van der Waals surface area contributed by atoms with E-state index in [1.807, 2.05) is 6.92 Å². The van der Waals surface area contributed by atoms with E-state index in [0.29, 0.717) is 12.5 Å². The Bertz CT molecular complexity index is 406. The molecule has 2 nitrogen and oxygen atoms in total. The van der Waals surface area contributed by atoms with Crippen molar-refractivity contribution in [2.45, 2.75) is 65.2 Å². The molecule has 1 atom stereocenters. The summed E-state index contributed by atoms with van der Waals surface area (Å²) >= 11 is 0. The third-order valence-corrected chi connectivity index (χ3v) is 3.83. The molecule has 0 fully saturated rings. The highest BCUT2D eigenvalue weighted by atomic mass is 16.5. The van der Waals surface area contributed by atoms with E-state index in [9.17, 15) is 0 Å². The summed E-state index contributed by atoms with van der Waals surface area (Å²) in [5.41, 5.74) is 8.49. The first-order valence-electron chi connectivity index (χ1n) is 7.91. The molecule has 2 N–H and O–H groups in total. The lowest BCUT2D eigenvalue weighted by molar-refractivity contribution is 0.329. The monoisotopic (exact) mass is 277 g/mol. The summed E-state index contributed by atoms with van der Waals surface area (Å²) in [6.45, 7) is 12.5. The standard InChI is InChI=1S/C18H31NO/c1-6-14(9-8-12-19)15-10-11-17(20-7-2)16(13-15)18(3,4)5/h10-11,13-14H,6-9,12,19H2,1-5H3. The van der Waals surface area contributed by atoms with Crippen LogP contribution in [0.2, 0.25) is 0 Å². The van der Waals surface area contributed by atoms with Gasteiger partial charge in [0.25, 0.3) is 0 Å². The zero-order valence-electron chi connectivity index (χ0n) is 13.8. The molecule has 0 aliphatic rings. The quantitative estimate of drug-likeness (QED) is 0.789. The van der Waals surface area contributed by atoms with Gasteiger partial charge in [-0.05, 0) is 61.3 Å². The predicted octanol–water partition coefficient (Wildman–Crippen LogP) is 4.62. The Morgan fingerprint density at radius 3 is 2.40 bits per heavy atom. The van der Waals surface area contributed by atoms with Gasteiger partial charge >= 0.3 is 0 Å². The molecule has 114 valence electrons. The zero-order valence-corrected chi connectivity index (χ0v) is 13.8. The second-order valence-electron chi connectivity index (χ2n) is 6.47. The average Bonchev–Trinajstić information content (AvgIpc) is 2.40. The summed E-state index contributed by atoms with van der Waals surface area (Å²) in [6, 6.07) is 6.71. The molecule has 0 aliphatic heterocycles. The molecule has 0 aliphatic carbocycles. The smallest absolute Gasteiger partial charge is 0.123 e. The minimum absolute atomic E-state index is 0.104. The van der Waals surface area contributed by atoms with Gasteiger partial charge in [-0.25, -0.2) is 0 Å². The summed E-state index contributed by atoms with van der Waals surface area (Å²) in [5.74, 6) is 1.63. The average molecular weight is 277 g/mol. The van der Waals surface area contributed by atoms with E-state index in [1.165, 1.54) is 17.5 Å². The van der Waals surface area contributed by atoms with E-state index < -0.39 is 0 Å². The van der Waals surface area contributed by atoms with Gasteiger partial charge in [0, 0.05) is 0 Å². The summed E-state index contributed by atoms with van der Waals surface area (Å²) in [7, 11) is 0. The van der Waals surface area contributed by atoms with Gasteiger partial charge in [0.05, 0.1) is 6.61 Å². The maximum absolute atomic E-state index is 5.79. The topological polar surface area (TPSA) is 35.2 Å². The number of nitrogens with two attached hydrogens (primary N) is 1. The van der Waals surface area contributed by atoms with Gasteiger partial charge < -0.3 is 10.5 Å². The fraction of sp³-hybridized carbons (Fsp3) is 0.667. The van der Waals surface area contributed by atoms with Crippen LogP contribution in [0.1, 0.15) is 70.9 Å². The highest BCUT2D eigenvalue weighted by molar-refractivity contribution is 5.42. The molecule has 0 spiro atoms. The molecule has 0 heterocycles. The Kier molecular flexibility index (Phi) is 6.54. The van der Waals surface area contributed by atoms with Crippen molar-refractivity contribution in [2.75, 3.05) is 13.2 Å². The van der Waals surface area contributed by atoms with Gasteiger partial charge in [-0.3, -0.25) is 0 Å². The maximum atomic E-state index is 5.79. The van der Waals surface area contributed by atoms with E-state index in [1.54, 1.807) is 0 Å². The van der Waals surface area contributed by atoms with Crippen LogP contribution in [0.3, 0.4) is 0 Å². The van der Waals surface area contributed by atoms with Crippen LogP contribution < -0.4 is 10.5 Å². The fourth-order valence-corrected chi connectivity index (χ4v) is 2.64. The van der Waals surface area contributed by atoms with Gasteiger partial charge in [0.2, 0.25) is 0 Å². The van der Waals surface area contributed by atoms with E-state index >= 15 is 0 Å². The number of ether oxygens (including phenoxy) is 1. The van der Waals surface area contributed by atoms with E-state index in [4.69, 9.17) is 10.5 Å². The molecule has 0 saturated heterocycles. The van der Waals surface area contributed by atoms with Crippen molar-refractivity contribution in [2.24, 2.45) is 5.73 Å². The molecule has 1 aromatic rings. The van der Waals surface area contributed by atoms with Crippen molar-refractivity contribution in [1.29, 1.82) is 0 Å². The Morgan fingerprint density at radius 2 is 1.90 bits per heavy atom. The number of benzene rings is 1. The van der Waals surface area contributed by atoms with Gasteiger partial charge in [-0.15, -0.1) is 0 Å². The highest BCUT2D eigenvalue weighted by Crippen LogP contribution is 2.35. The first kappa shape index (κ1) is 17.0. The highest BCUT2D eigenvalue weighted by Gasteiger charge is 2.21. The molecular weight excluding hydrogens is 246 g/mol. The lowest BCUT2D eigenvalue weighted by atomic mass is 9.82. The third kappa shape index (κ3) is 4.52. The van der Waals surface area contributed by atoms with Crippen molar-refractivity contribution in [3.63, 3.8) is 0 Å². The van der Waals surface area contributed by atoms with Gasteiger partial charge in [-0.2, -0.15) is 0 Å². The minimum Gasteiger partial charge on any atom is -0.494 e. The molecule has 0 saturated carbocycles. The molecule has 1 aromatic carbocycles. The van der Waals surface area contributed by atoms with Crippen molar-refractivity contribution in [3.8, 4) is 5.75 Å². The van der Waals surface area contributed by atoms with Crippen LogP contribution >= 0.6 is 0 Å². The Hall–Kier alpha value is -1.02. The molecule has 0 radical (unpaired) electrons. The Balaban J connectivity index is 3.10. The second kappa shape index (κ2) is 7.68. The van der Waals surface area contributed by atoms with Crippen molar-refractivity contribution in [3.05, 3.63) is 29.3 Å². The number of rotatable bonds is 7. The van der Waals surface area contributed by atoms with Crippen LogP contribution in [-0.2, 0) is 5.41 Å². The van der Waals surface area contributed by atoms with Crippen LogP contribution in [0, 0.1) is 0 Å². The molecule has 0 amide bonds. The lowest BCUT2D eigenvalue weighted by Crippen LogP contribution is -2.15. The SMILES string of the molecule is CCOc1ccc(C(CC)CCCN)cc1C(C)(C)C. The predicted molar refractivity (Wildman–Crippen MR) is 87.6 cm³/mol. The normalized spacial score (nSPS) is 13.3. The summed E-state index contributed by atoms with van der Waals surface area (Å²) < 4.78 is 5.79.